The molecule has 0 fully saturated rings. The summed E-state index contributed by atoms with van der Waals surface area (Å²) in [6.07, 6.45) is 1.33. The fraction of sp³-hybridized carbons (Fsp3) is 0.312. The molecule has 0 bridgehead atoms. The Hall–Kier alpha value is -2.61. The van der Waals surface area contributed by atoms with Crippen molar-refractivity contribution in [2.45, 2.75) is 32.7 Å². The van der Waals surface area contributed by atoms with Crippen LogP contribution in [0.4, 0.5) is 0 Å². The Morgan fingerprint density at radius 2 is 2.04 bits per heavy atom. The Balaban J connectivity index is 1.58. The van der Waals surface area contributed by atoms with E-state index in [1.165, 1.54) is 11.3 Å². The van der Waals surface area contributed by atoms with Crippen molar-refractivity contribution >= 4 is 28.3 Å². The van der Waals surface area contributed by atoms with E-state index in [9.17, 15) is 9.59 Å². The van der Waals surface area contributed by atoms with Crippen molar-refractivity contribution in [1.29, 1.82) is 0 Å². The number of nitrogens with one attached hydrogen (secondary N) is 2. The second kappa shape index (κ2) is 7.31. The van der Waals surface area contributed by atoms with Gasteiger partial charge in [-0.2, -0.15) is 0 Å². The van der Waals surface area contributed by atoms with Crippen LogP contribution in [0, 0.1) is 0 Å². The number of benzene rings is 1. The van der Waals surface area contributed by atoms with Crippen LogP contribution >= 0.6 is 11.3 Å². The molecule has 8 heteroatoms. The van der Waals surface area contributed by atoms with Gasteiger partial charge in [-0.15, -0.1) is 10.2 Å². The topological polar surface area (TPSA) is 101 Å². The Labute approximate surface area is 142 Å². The molecule has 0 aliphatic carbocycles. The number of carbonyl (C=O) groups is 1. The highest BCUT2D eigenvalue weighted by Gasteiger charge is 2.09. The Morgan fingerprint density at radius 1 is 1.25 bits per heavy atom. The molecule has 3 rings (SSSR count). The van der Waals surface area contributed by atoms with Crippen LogP contribution in [0.25, 0.3) is 11.0 Å². The summed E-state index contributed by atoms with van der Waals surface area (Å²) in [5.41, 5.74) is 1.53. The van der Waals surface area contributed by atoms with Crippen LogP contribution in [0.5, 0.6) is 0 Å². The second-order valence-corrected chi connectivity index (χ2v) is 6.40. The molecule has 3 aromatic rings. The number of fused-ring (bicyclic) bond motifs is 1. The van der Waals surface area contributed by atoms with Gasteiger partial charge >= 0.3 is 0 Å². The zero-order valence-electron chi connectivity index (χ0n) is 13.2. The average molecular weight is 343 g/mol. The molecule has 0 saturated heterocycles. The molecule has 0 aliphatic rings. The van der Waals surface area contributed by atoms with Crippen molar-refractivity contribution in [2.75, 3.05) is 0 Å². The van der Waals surface area contributed by atoms with Crippen molar-refractivity contribution in [1.82, 2.24) is 25.5 Å². The molecule has 1 amide bonds. The normalized spacial score (nSPS) is 10.9. The maximum atomic E-state index is 12.0. The number of aromatic amines is 1. The maximum absolute atomic E-state index is 12.0. The van der Waals surface area contributed by atoms with E-state index in [2.05, 4.69) is 25.5 Å². The second-order valence-electron chi connectivity index (χ2n) is 5.25. The third-order valence-corrected chi connectivity index (χ3v) is 4.57. The third kappa shape index (κ3) is 3.83. The van der Waals surface area contributed by atoms with E-state index >= 15 is 0 Å². The largest absolute Gasteiger partial charge is 0.350 e. The lowest BCUT2D eigenvalue weighted by Gasteiger charge is -2.04. The van der Waals surface area contributed by atoms with Crippen LogP contribution in [0.1, 0.15) is 29.1 Å². The molecule has 2 aromatic heterocycles. The number of nitrogens with zero attached hydrogens (tertiary/aromatic N) is 3. The first-order valence-corrected chi connectivity index (χ1v) is 8.53. The summed E-state index contributed by atoms with van der Waals surface area (Å²) in [5, 5.41) is 12.5. The lowest BCUT2D eigenvalue weighted by molar-refractivity contribution is -0.121. The highest BCUT2D eigenvalue weighted by molar-refractivity contribution is 7.11. The predicted molar refractivity (Wildman–Crippen MR) is 91.8 cm³/mol. The van der Waals surface area contributed by atoms with E-state index in [1.54, 1.807) is 6.07 Å². The van der Waals surface area contributed by atoms with Gasteiger partial charge in [-0.1, -0.05) is 30.4 Å². The van der Waals surface area contributed by atoms with E-state index in [0.29, 0.717) is 29.7 Å². The van der Waals surface area contributed by atoms with Gasteiger partial charge in [-0.3, -0.25) is 9.59 Å². The van der Waals surface area contributed by atoms with Gasteiger partial charge in [0.05, 0.1) is 17.6 Å². The first-order chi connectivity index (χ1) is 11.7. The quantitative estimate of drug-likeness (QED) is 0.708. The van der Waals surface area contributed by atoms with E-state index in [1.807, 2.05) is 25.1 Å². The monoisotopic (exact) mass is 343 g/mol. The Kier molecular flexibility index (Phi) is 4.95. The first kappa shape index (κ1) is 16.3. The van der Waals surface area contributed by atoms with Crippen molar-refractivity contribution in [2.24, 2.45) is 0 Å². The highest BCUT2D eigenvalue weighted by Crippen LogP contribution is 2.10. The molecular weight excluding hydrogens is 326 g/mol. The zero-order chi connectivity index (χ0) is 16.9. The number of carbonyl (C=O) groups excluding carboxylic acids is 1. The standard InChI is InChI=1S/C16H17N5O2S/c1-2-14-20-21-15(24-14)9-17-13(22)8-7-12-16(23)19-11-6-4-3-5-10(11)18-12/h3-6H,2,7-9H2,1H3,(H,17,22)(H,19,23). The summed E-state index contributed by atoms with van der Waals surface area (Å²) in [7, 11) is 0. The third-order valence-electron chi connectivity index (χ3n) is 3.51. The minimum absolute atomic E-state index is 0.141. The number of hydrogen-bond acceptors (Lipinski definition) is 6. The molecule has 0 unspecified atom stereocenters. The lowest BCUT2D eigenvalue weighted by Crippen LogP contribution is -2.24. The van der Waals surface area contributed by atoms with Gasteiger partial charge in [-0.05, 0) is 18.6 Å². The molecule has 2 heterocycles. The van der Waals surface area contributed by atoms with Crippen molar-refractivity contribution in [3.8, 4) is 0 Å². The minimum atomic E-state index is -0.252. The molecular formula is C16H17N5O2S. The summed E-state index contributed by atoms with van der Waals surface area (Å²) >= 11 is 1.49. The van der Waals surface area contributed by atoms with Crippen molar-refractivity contribution < 1.29 is 4.79 Å². The number of hydrogen-bond donors (Lipinski definition) is 2. The summed E-state index contributed by atoms with van der Waals surface area (Å²) in [4.78, 5) is 31.1. The fourth-order valence-electron chi connectivity index (χ4n) is 2.23. The van der Waals surface area contributed by atoms with E-state index < -0.39 is 0 Å². The molecule has 0 radical (unpaired) electrons. The van der Waals surface area contributed by atoms with E-state index in [-0.39, 0.29) is 17.9 Å². The molecule has 24 heavy (non-hydrogen) atoms. The molecule has 0 saturated carbocycles. The average Bonchev–Trinajstić information content (AvgIpc) is 3.06. The molecule has 0 atom stereocenters. The molecule has 7 nitrogen and oxygen atoms in total. The summed E-state index contributed by atoms with van der Waals surface area (Å²) in [6.45, 7) is 2.37. The van der Waals surface area contributed by atoms with Gasteiger partial charge in [0.2, 0.25) is 5.91 Å². The van der Waals surface area contributed by atoms with Gasteiger partial charge < -0.3 is 10.3 Å². The predicted octanol–water partition coefficient (Wildman–Crippen LogP) is 1.59. The van der Waals surface area contributed by atoms with Crippen LogP contribution in [0.2, 0.25) is 0 Å². The minimum Gasteiger partial charge on any atom is -0.350 e. The fourth-order valence-corrected chi connectivity index (χ4v) is 2.96. The molecule has 1 aromatic carbocycles. The molecule has 2 N–H and O–H groups in total. The number of amides is 1. The van der Waals surface area contributed by atoms with Gasteiger partial charge in [0.25, 0.3) is 5.56 Å². The van der Waals surface area contributed by atoms with Crippen LogP contribution in [-0.4, -0.2) is 26.1 Å². The van der Waals surface area contributed by atoms with Gasteiger partial charge in [0, 0.05) is 12.8 Å². The highest BCUT2D eigenvalue weighted by atomic mass is 32.1. The van der Waals surface area contributed by atoms with Crippen molar-refractivity contribution in [3.63, 3.8) is 0 Å². The first-order valence-electron chi connectivity index (χ1n) is 7.71. The molecule has 0 aliphatic heterocycles. The van der Waals surface area contributed by atoms with Gasteiger partial charge in [0.1, 0.15) is 15.7 Å². The number of aromatic nitrogens is 4. The molecule has 124 valence electrons. The number of rotatable bonds is 6. The van der Waals surface area contributed by atoms with Gasteiger partial charge in [-0.25, -0.2) is 4.98 Å². The van der Waals surface area contributed by atoms with Gasteiger partial charge in [0.15, 0.2) is 0 Å². The summed E-state index contributed by atoms with van der Waals surface area (Å²) in [5.74, 6) is -0.141. The van der Waals surface area contributed by atoms with Crippen molar-refractivity contribution in [3.05, 3.63) is 50.3 Å². The summed E-state index contributed by atoms with van der Waals surface area (Å²) < 4.78 is 0. The zero-order valence-corrected chi connectivity index (χ0v) is 14.0. The van der Waals surface area contributed by atoms with Crippen LogP contribution < -0.4 is 10.9 Å². The Bertz CT molecular complexity index is 918. The Morgan fingerprint density at radius 3 is 2.83 bits per heavy atom. The number of para-hydroxylation sites is 2. The smallest absolute Gasteiger partial charge is 0.270 e. The van der Waals surface area contributed by atoms with E-state index in [0.717, 1.165) is 16.4 Å². The van der Waals surface area contributed by atoms with Crippen LogP contribution in [-0.2, 0) is 24.2 Å². The lowest BCUT2D eigenvalue weighted by atomic mass is 10.2. The maximum Gasteiger partial charge on any atom is 0.270 e. The number of aryl methyl sites for hydroxylation is 2. The number of H-pyrrole nitrogens is 1. The molecule has 0 spiro atoms. The summed E-state index contributed by atoms with van der Waals surface area (Å²) in [6, 6.07) is 7.32. The van der Waals surface area contributed by atoms with E-state index in [4.69, 9.17) is 0 Å². The SMILES string of the molecule is CCc1nnc(CNC(=O)CCc2nc3ccccc3[nH]c2=O)s1. The van der Waals surface area contributed by atoms with Crippen LogP contribution in [0.3, 0.4) is 0 Å². The van der Waals surface area contributed by atoms with Crippen LogP contribution in [0.15, 0.2) is 29.1 Å².